The zero-order valence-corrected chi connectivity index (χ0v) is 31.1. The van der Waals surface area contributed by atoms with E-state index in [9.17, 15) is 9.90 Å². The molecular formula is C42H80O4. The van der Waals surface area contributed by atoms with Gasteiger partial charge in [-0.2, -0.15) is 0 Å². The average Bonchev–Trinajstić information content (AvgIpc) is 3.06. The first kappa shape index (κ1) is 44.9. The van der Waals surface area contributed by atoms with Crippen LogP contribution in [-0.4, -0.2) is 37.0 Å². The fourth-order valence-electron chi connectivity index (χ4n) is 5.95. The van der Waals surface area contributed by atoms with Crippen LogP contribution in [0.3, 0.4) is 0 Å². The van der Waals surface area contributed by atoms with Gasteiger partial charge in [0.1, 0.15) is 6.10 Å². The van der Waals surface area contributed by atoms with Crippen LogP contribution in [0.15, 0.2) is 24.3 Å². The van der Waals surface area contributed by atoms with Gasteiger partial charge in [-0.15, -0.1) is 0 Å². The second kappa shape index (κ2) is 40.0. The molecule has 1 atom stereocenters. The third kappa shape index (κ3) is 37.3. The number of aliphatic hydroxyl groups is 1. The molecule has 0 aliphatic heterocycles. The predicted molar refractivity (Wildman–Crippen MR) is 201 cm³/mol. The Morgan fingerprint density at radius 1 is 0.522 bits per heavy atom. The fourth-order valence-corrected chi connectivity index (χ4v) is 5.95. The molecule has 46 heavy (non-hydrogen) atoms. The molecule has 0 bridgehead atoms. The van der Waals surface area contributed by atoms with Gasteiger partial charge in [0.2, 0.25) is 0 Å². The SMILES string of the molecule is CCCCCCC/C=C\C/C=C\CCCCCCCCCCCC(=O)OC(CO)COCCCCCCCCCCCCCCC. The highest BCUT2D eigenvalue weighted by Gasteiger charge is 2.13. The smallest absolute Gasteiger partial charge is 0.306 e. The maximum atomic E-state index is 12.2. The highest BCUT2D eigenvalue weighted by atomic mass is 16.6. The molecule has 4 nitrogen and oxygen atoms in total. The number of aliphatic hydroxyl groups excluding tert-OH is 1. The molecule has 1 unspecified atom stereocenters. The van der Waals surface area contributed by atoms with Gasteiger partial charge in [0.05, 0.1) is 13.2 Å². The number of allylic oxidation sites excluding steroid dienone is 4. The van der Waals surface area contributed by atoms with Crippen LogP contribution in [0.25, 0.3) is 0 Å². The topological polar surface area (TPSA) is 55.8 Å². The van der Waals surface area contributed by atoms with Crippen LogP contribution in [-0.2, 0) is 14.3 Å². The van der Waals surface area contributed by atoms with Gasteiger partial charge in [0.25, 0.3) is 0 Å². The van der Waals surface area contributed by atoms with Crippen LogP contribution in [0.2, 0.25) is 0 Å². The number of rotatable bonds is 38. The summed E-state index contributed by atoms with van der Waals surface area (Å²) in [5.74, 6) is -0.202. The summed E-state index contributed by atoms with van der Waals surface area (Å²) in [6.45, 7) is 5.36. The molecule has 4 heteroatoms. The lowest BCUT2D eigenvalue weighted by molar-refractivity contribution is -0.154. The molecule has 0 aromatic rings. The minimum absolute atomic E-state index is 0.169. The normalized spacial score (nSPS) is 12.5. The number of carbonyl (C=O) groups is 1. The second-order valence-corrected chi connectivity index (χ2v) is 13.7. The molecule has 0 aliphatic rings. The van der Waals surface area contributed by atoms with Crippen molar-refractivity contribution >= 4 is 5.97 Å². The lowest BCUT2D eigenvalue weighted by atomic mass is 10.0. The number of esters is 1. The van der Waals surface area contributed by atoms with Gasteiger partial charge in [0, 0.05) is 13.0 Å². The Balaban J connectivity index is 3.42. The molecular weight excluding hydrogens is 568 g/mol. The summed E-state index contributed by atoms with van der Waals surface area (Å²) in [5.41, 5.74) is 0. The van der Waals surface area contributed by atoms with Crippen LogP contribution in [0.1, 0.15) is 213 Å². The van der Waals surface area contributed by atoms with Gasteiger partial charge in [0.15, 0.2) is 0 Å². The summed E-state index contributed by atoms with van der Waals surface area (Å²) in [4.78, 5) is 12.2. The van der Waals surface area contributed by atoms with E-state index in [1.54, 1.807) is 0 Å². The van der Waals surface area contributed by atoms with Crippen LogP contribution in [0.4, 0.5) is 0 Å². The quantitative estimate of drug-likeness (QED) is 0.0411. The Bertz CT molecular complexity index is 644. The Kier molecular flexibility index (Phi) is 39.1. The van der Waals surface area contributed by atoms with Crippen LogP contribution in [0.5, 0.6) is 0 Å². The van der Waals surface area contributed by atoms with Crippen molar-refractivity contribution in [1.29, 1.82) is 0 Å². The standard InChI is InChI=1S/C42H80O4/c1-3-5-7-9-11-13-15-17-18-19-20-21-22-23-24-25-27-29-31-33-35-37-42(44)46-41(39-43)40-45-38-36-34-32-30-28-26-16-14-12-10-8-6-4-2/h15,17,19-20,41,43H,3-14,16,18,21-40H2,1-2H3/b17-15-,20-19-. The number of hydrogen-bond donors (Lipinski definition) is 1. The molecule has 0 amide bonds. The van der Waals surface area contributed by atoms with Crippen molar-refractivity contribution < 1.29 is 19.4 Å². The molecule has 0 spiro atoms. The van der Waals surface area contributed by atoms with Crippen molar-refractivity contribution in [3.63, 3.8) is 0 Å². The number of ether oxygens (including phenoxy) is 2. The van der Waals surface area contributed by atoms with E-state index < -0.39 is 6.10 Å². The molecule has 0 saturated carbocycles. The molecule has 0 aromatic carbocycles. The minimum atomic E-state index is -0.531. The molecule has 0 aromatic heterocycles. The summed E-state index contributed by atoms with van der Waals surface area (Å²) < 4.78 is 11.1. The van der Waals surface area contributed by atoms with E-state index in [0.29, 0.717) is 19.6 Å². The molecule has 272 valence electrons. The lowest BCUT2D eigenvalue weighted by Gasteiger charge is -2.16. The number of unbranched alkanes of at least 4 members (excludes halogenated alkanes) is 26. The molecule has 0 rings (SSSR count). The van der Waals surface area contributed by atoms with Gasteiger partial charge in [-0.05, 0) is 44.9 Å². The fraction of sp³-hybridized carbons (Fsp3) is 0.881. The summed E-state index contributed by atoms with van der Waals surface area (Å²) in [5, 5.41) is 9.57. The Labute approximate surface area is 288 Å². The van der Waals surface area contributed by atoms with E-state index >= 15 is 0 Å². The zero-order valence-electron chi connectivity index (χ0n) is 31.1. The molecule has 0 saturated heterocycles. The summed E-state index contributed by atoms with van der Waals surface area (Å²) in [7, 11) is 0. The van der Waals surface area contributed by atoms with Crippen molar-refractivity contribution in [2.45, 2.75) is 219 Å². The predicted octanol–water partition coefficient (Wildman–Crippen LogP) is 13.2. The molecule has 0 aliphatic carbocycles. The third-order valence-electron chi connectivity index (χ3n) is 9.03. The maximum absolute atomic E-state index is 12.2. The second-order valence-electron chi connectivity index (χ2n) is 13.7. The lowest BCUT2D eigenvalue weighted by Crippen LogP contribution is -2.27. The van der Waals surface area contributed by atoms with Crippen LogP contribution < -0.4 is 0 Å². The first-order valence-corrected chi connectivity index (χ1v) is 20.4. The van der Waals surface area contributed by atoms with Gasteiger partial charge in [-0.1, -0.05) is 186 Å². The van der Waals surface area contributed by atoms with Gasteiger partial charge >= 0.3 is 5.97 Å². The van der Waals surface area contributed by atoms with E-state index in [4.69, 9.17) is 9.47 Å². The van der Waals surface area contributed by atoms with Crippen molar-refractivity contribution in [3.8, 4) is 0 Å². The minimum Gasteiger partial charge on any atom is -0.457 e. The molecule has 1 N–H and O–H groups in total. The van der Waals surface area contributed by atoms with Gasteiger partial charge in [-0.3, -0.25) is 4.79 Å². The van der Waals surface area contributed by atoms with E-state index in [1.165, 1.54) is 167 Å². The highest BCUT2D eigenvalue weighted by molar-refractivity contribution is 5.69. The van der Waals surface area contributed by atoms with Crippen LogP contribution >= 0.6 is 0 Å². The van der Waals surface area contributed by atoms with E-state index in [1.807, 2.05) is 0 Å². The third-order valence-corrected chi connectivity index (χ3v) is 9.03. The van der Waals surface area contributed by atoms with E-state index in [0.717, 1.165) is 25.7 Å². The summed E-state index contributed by atoms with van der Waals surface area (Å²) in [6, 6.07) is 0. The Hall–Kier alpha value is -1.13. The number of hydrogen-bond acceptors (Lipinski definition) is 4. The monoisotopic (exact) mass is 649 g/mol. The first-order chi connectivity index (χ1) is 22.7. The maximum Gasteiger partial charge on any atom is 0.306 e. The van der Waals surface area contributed by atoms with Crippen molar-refractivity contribution in [1.82, 2.24) is 0 Å². The zero-order chi connectivity index (χ0) is 33.4. The highest BCUT2D eigenvalue weighted by Crippen LogP contribution is 2.14. The summed E-state index contributed by atoms with van der Waals surface area (Å²) >= 11 is 0. The summed E-state index contributed by atoms with van der Waals surface area (Å²) in [6.07, 6.45) is 48.0. The Morgan fingerprint density at radius 3 is 1.35 bits per heavy atom. The van der Waals surface area contributed by atoms with Gasteiger partial charge in [-0.25, -0.2) is 0 Å². The van der Waals surface area contributed by atoms with Crippen molar-refractivity contribution in [2.24, 2.45) is 0 Å². The van der Waals surface area contributed by atoms with Crippen molar-refractivity contribution in [2.75, 3.05) is 19.8 Å². The average molecular weight is 649 g/mol. The van der Waals surface area contributed by atoms with Crippen molar-refractivity contribution in [3.05, 3.63) is 24.3 Å². The molecule has 0 fully saturated rings. The Morgan fingerprint density at radius 2 is 0.913 bits per heavy atom. The molecule has 0 radical (unpaired) electrons. The number of carbonyl (C=O) groups excluding carboxylic acids is 1. The largest absolute Gasteiger partial charge is 0.457 e. The van der Waals surface area contributed by atoms with Gasteiger partial charge < -0.3 is 14.6 Å². The van der Waals surface area contributed by atoms with Crippen LogP contribution in [0, 0.1) is 0 Å². The van der Waals surface area contributed by atoms with E-state index in [-0.39, 0.29) is 12.6 Å². The first-order valence-electron chi connectivity index (χ1n) is 20.4. The molecule has 0 heterocycles. The van der Waals surface area contributed by atoms with E-state index in [2.05, 4.69) is 38.2 Å².